The Morgan fingerprint density at radius 1 is 1.32 bits per heavy atom. The molecule has 2 atom stereocenters. The van der Waals surface area contributed by atoms with Gasteiger partial charge in [-0.3, -0.25) is 4.79 Å². The zero-order chi connectivity index (χ0) is 20.6. The van der Waals surface area contributed by atoms with Crippen LogP contribution in [0.1, 0.15) is 26.3 Å². The third-order valence-corrected chi connectivity index (χ3v) is 4.11. The maximum absolute atomic E-state index is 13.0. The number of nitrogens with one attached hydrogen (secondary N) is 1. The first-order chi connectivity index (χ1) is 13.3. The first-order valence-corrected chi connectivity index (χ1v) is 9.40. The summed E-state index contributed by atoms with van der Waals surface area (Å²) in [4.78, 5) is 26.8. The van der Waals surface area contributed by atoms with E-state index in [1.807, 2.05) is 30.3 Å². The van der Waals surface area contributed by atoms with Crippen LogP contribution < -0.4 is 5.32 Å². The number of hydrogen-bond donors (Lipinski definition) is 2. The Balaban J connectivity index is 2.03. The second-order valence-corrected chi connectivity index (χ2v) is 7.64. The molecule has 1 heterocycles. The van der Waals surface area contributed by atoms with Crippen LogP contribution in [-0.4, -0.2) is 72.7 Å². The second kappa shape index (κ2) is 10.4. The lowest BCUT2D eigenvalue weighted by Gasteiger charge is -2.36. The average molecular weight is 394 g/mol. The minimum atomic E-state index is -0.925. The third kappa shape index (κ3) is 7.10. The molecule has 2 N–H and O–H groups in total. The Morgan fingerprint density at radius 3 is 2.68 bits per heavy atom. The van der Waals surface area contributed by atoms with E-state index in [0.29, 0.717) is 19.8 Å². The highest BCUT2D eigenvalue weighted by Crippen LogP contribution is 2.11. The summed E-state index contributed by atoms with van der Waals surface area (Å²) in [6.07, 6.45) is -0.692. The molecule has 8 nitrogen and oxygen atoms in total. The van der Waals surface area contributed by atoms with Gasteiger partial charge in [0, 0.05) is 6.54 Å². The van der Waals surface area contributed by atoms with Crippen molar-refractivity contribution in [3.63, 3.8) is 0 Å². The SMILES string of the molecule is CC(C)(C)OC(=O)N[C@H](COCc1ccccc1)C(=O)N1CCOCC1CO. The molecule has 156 valence electrons. The molecule has 1 saturated heterocycles. The number of benzene rings is 1. The maximum atomic E-state index is 13.0. The van der Waals surface area contributed by atoms with Gasteiger partial charge in [0.2, 0.25) is 5.91 Å². The van der Waals surface area contributed by atoms with Gasteiger partial charge in [0.15, 0.2) is 0 Å². The molecule has 0 saturated carbocycles. The van der Waals surface area contributed by atoms with E-state index in [4.69, 9.17) is 14.2 Å². The summed E-state index contributed by atoms with van der Waals surface area (Å²) in [6.45, 7) is 6.32. The molecule has 1 aliphatic rings. The Hall–Kier alpha value is -2.16. The topological polar surface area (TPSA) is 97.3 Å². The van der Waals surface area contributed by atoms with Crippen LogP contribution in [0, 0.1) is 0 Å². The van der Waals surface area contributed by atoms with Crippen molar-refractivity contribution >= 4 is 12.0 Å². The minimum absolute atomic E-state index is 0.0114. The highest BCUT2D eigenvalue weighted by atomic mass is 16.6. The smallest absolute Gasteiger partial charge is 0.408 e. The lowest BCUT2D eigenvalue weighted by molar-refractivity contribution is -0.145. The lowest BCUT2D eigenvalue weighted by Crippen LogP contribution is -2.58. The summed E-state index contributed by atoms with van der Waals surface area (Å²) in [7, 11) is 0. The van der Waals surface area contributed by atoms with E-state index < -0.39 is 23.8 Å². The molecular formula is C20H30N2O6. The van der Waals surface area contributed by atoms with Gasteiger partial charge in [-0.25, -0.2) is 4.79 Å². The number of morpholine rings is 1. The third-order valence-electron chi connectivity index (χ3n) is 4.11. The van der Waals surface area contributed by atoms with E-state index in [1.165, 1.54) is 4.90 Å². The molecule has 2 amide bonds. The molecule has 0 bridgehead atoms. The van der Waals surface area contributed by atoms with Crippen LogP contribution >= 0.6 is 0 Å². The van der Waals surface area contributed by atoms with Crippen molar-refractivity contribution in [3.05, 3.63) is 35.9 Å². The van der Waals surface area contributed by atoms with Gasteiger partial charge in [-0.1, -0.05) is 30.3 Å². The summed E-state index contributed by atoms with van der Waals surface area (Å²) in [5, 5.41) is 12.1. The first-order valence-electron chi connectivity index (χ1n) is 9.40. The van der Waals surface area contributed by atoms with Crippen LogP contribution in [0.15, 0.2) is 30.3 Å². The number of ether oxygens (including phenoxy) is 3. The van der Waals surface area contributed by atoms with Gasteiger partial charge in [0.25, 0.3) is 0 Å². The molecule has 28 heavy (non-hydrogen) atoms. The van der Waals surface area contributed by atoms with Crippen molar-refractivity contribution in [1.82, 2.24) is 10.2 Å². The van der Waals surface area contributed by atoms with Gasteiger partial charge in [-0.15, -0.1) is 0 Å². The summed E-state index contributed by atoms with van der Waals surface area (Å²) in [5.41, 5.74) is 0.278. The van der Waals surface area contributed by atoms with Crippen molar-refractivity contribution in [2.45, 2.75) is 45.1 Å². The number of nitrogens with zero attached hydrogens (tertiary/aromatic N) is 1. The predicted molar refractivity (Wildman–Crippen MR) is 103 cm³/mol. The normalized spacial score (nSPS) is 18.4. The number of amides is 2. The Labute approximate surface area is 165 Å². The number of carbonyl (C=O) groups is 2. The van der Waals surface area contributed by atoms with Gasteiger partial charge < -0.3 is 29.5 Å². The fourth-order valence-electron chi connectivity index (χ4n) is 2.79. The van der Waals surface area contributed by atoms with Crippen molar-refractivity contribution in [2.75, 3.05) is 33.0 Å². The Morgan fingerprint density at radius 2 is 2.04 bits per heavy atom. The van der Waals surface area contributed by atoms with Crippen LogP contribution in [0.4, 0.5) is 4.79 Å². The number of aliphatic hydroxyl groups is 1. The van der Waals surface area contributed by atoms with Gasteiger partial charge in [0.05, 0.1) is 39.1 Å². The zero-order valence-corrected chi connectivity index (χ0v) is 16.7. The van der Waals surface area contributed by atoms with Crippen molar-refractivity contribution in [2.24, 2.45) is 0 Å². The lowest BCUT2D eigenvalue weighted by atomic mass is 10.1. The highest BCUT2D eigenvalue weighted by Gasteiger charge is 2.33. The molecule has 0 aliphatic carbocycles. The summed E-state index contributed by atoms with van der Waals surface area (Å²) < 4.78 is 16.3. The number of alkyl carbamates (subject to hydrolysis) is 1. The molecule has 1 aromatic carbocycles. The fraction of sp³-hybridized carbons (Fsp3) is 0.600. The van der Waals surface area contributed by atoms with Gasteiger partial charge in [-0.05, 0) is 26.3 Å². The van der Waals surface area contributed by atoms with E-state index in [1.54, 1.807) is 20.8 Å². The fourth-order valence-corrected chi connectivity index (χ4v) is 2.79. The van der Waals surface area contributed by atoms with Crippen LogP contribution in [0.5, 0.6) is 0 Å². The average Bonchev–Trinajstić information content (AvgIpc) is 2.66. The predicted octanol–water partition coefficient (Wildman–Crippen LogP) is 1.32. The second-order valence-electron chi connectivity index (χ2n) is 7.64. The van der Waals surface area contributed by atoms with Crippen LogP contribution in [-0.2, 0) is 25.6 Å². The van der Waals surface area contributed by atoms with Gasteiger partial charge >= 0.3 is 6.09 Å². The largest absolute Gasteiger partial charge is 0.444 e. The summed E-state index contributed by atoms with van der Waals surface area (Å²) in [5.74, 6) is -0.332. The van der Waals surface area contributed by atoms with E-state index in [0.717, 1.165) is 5.56 Å². The minimum Gasteiger partial charge on any atom is -0.444 e. The van der Waals surface area contributed by atoms with Crippen LogP contribution in [0.2, 0.25) is 0 Å². The van der Waals surface area contributed by atoms with E-state index >= 15 is 0 Å². The number of carbonyl (C=O) groups excluding carboxylic acids is 2. The van der Waals surface area contributed by atoms with Crippen LogP contribution in [0.3, 0.4) is 0 Å². The molecule has 0 spiro atoms. The quantitative estimate of drug-likeness (QED) is 0.724. The van der Waals surface area contributed by atoms with E-state index in [9.17, 15) is 14.7 Å². The number of rotatable bonds is 7. The van der Waals surface area contributed by atoms with Gasteiger partial charge in [-0.2, -0.15) is 0 Å². The van der Waals surface area contributed by atoms with Crippen molar-refractivity contribution in [1.29, 1.82) is 0 Å². The Kier molecular flexibility index (Phi) is 8.22. The first kappa shape index (κ1) is 22.1. The summed E-state index contributed by atoms with van der Waals surface area (Å²) >= 11 is 0. The highest BCUT2D eigenvalue weighted by molar-refractivity contribution is 5.86. The maximum Gasteiger partial charge on any atom is 0.408 e. The van der Waals surface area contributed by atoms with Crippen LogP contribution in [0.25, 0.3) is 0 Å². The molecule has 2 rings (SSSR count). The number of aliphatic hydroxyl groups excluding tert-OH is 1. The molecule has 8 heteroatoms. The van der Waals surface area contributed by atoms with E-state index in [2.05, 4.69) is 5.32 Å². The standard InChI is InChI=1S/C20H30N2O6/c1-20(2,3)28-19(25)21-17(14-27-12-15-7-5-4-6-8-15)18(24)22-9-10-26-13-16(22)11-23/h4-8,16-17,23H,9-14H2,1-3H3,(H,21,25)/t16?,17-/m1/s1. The molecule has 0 radical (unpaired) electrons. The molecular weight excluding hydrogens is 364 g/mol. The monoisotopic (exact) mass is 394 g/mol. The van der Waals surface area contributed by atoms with Crippen molar-refractivity contribution in [3.8, 4) is 0 Å². The summed E-state index contributed by atoms with van der Waals surface area (Å²) in [6, 6.07) is 8.18. The molecule has 1 aromatic rings. The molecule has 1 fully saturated rings. The zero-order valence-electron chi connectivity index (χ0n) is 16.7. The van der Waals surface area contributed by atoms with Gasteiger partial charge in [0.1, 0.15) is 11.6 Å². The molecule has 1 unspecified atom stereocenters. The van der Waals surface area contributed by atoms with Crippen molar-refractivity contribution < 1.29 is 28.9 Å². The van der Waals surface area contributed by atoms with E-state index in [-0.39, 0.29) is 25.7 Å². The molecule has 1 aliphatic heterocycles. The Bertz CT molecular complexity index is 631. The molecule has 0 aromatic heterocycles. The number of hydrogen-bond acceptors (Lipinski definition) is 6.